The first-order valence-corrected chi connectivity index (χ1v) is 32.0. The Morgan fingerprint density at radius 3 is 1.29 bits per heavy atom. The molecule has 0 bridgehead atoms. The van der Waals surface area contributed by atoms with Crippen molar-refractivity contribution in [2.45, 2.75) is 311 Å². The van der Waals surface area contributed by atoms with Crippen LogP contribution in [-0.2, 0) is 33.2 Å². The third-order valence-electron chi connectivity index (χ3n) is 15.8. The predicted octanol–water partition coefficient (Wildman–Crippen LogP) is 6.82. The maximum absolute atomic E-state index is 13.3. The van der Waals surface area contributed by atoms with Crippen LogP contribution in [-0.4, -0.2) is 193 Å². The van der Waals surface area contributed by atoms with Gasteiger partial charge in [-0.3, -0.25) is 4.79 Å². The van der Waals surface area contributed by atoms with E-state index in [1.807, 2.05) is 6.08 Å². The number of amides is 1. The molecule has 17 unspecified atom stereocenters. The highest BCUT2D eigenvalue weighted by Crippen LogP contribution is 2.33. The molecule has 3 saturated heterocycles. The van der Waals surface area contributed by atoms with E-state index < -0.39 is 124 Å². The molecule has 0 aromatic rings. The summed E-state index contributed by atoms with van der Waals surface area (Å²) in [6.45, 7) is 1.65. The van der Waals surface area contributed by atoms with Crippen LogP contribution in [0.4, 0.5) is 0 Å². The molecule has 0 aromatic carbocycles. The molecule has 0 aromatic heterocycles. The van der Waals surface area contributed by atoms with Gasteiger partial charge in [0.2, 0.25) is 5.91 Å². The van der Waals surface area contributed by atoms with E-state index in [9.17, 15) is 61.0 Å². The van der Waals surface area contributed by atoms with Gasteiger partial charge in [0.05, 0.1) is 38.6 Å². The lowest BCUT2D eigenvalue weighted by atomic mass is 9.96. The second-order valence-corrected chi connectivity index (χ2v) is 22.9. The van der Waals surface area contributed by atoms with Gasteiger partial charge in [-0.15, -0.1) is 0 Å². The number of nitrogens with one attached hydrogen (secondary N) is 1. The Labute approximate surface area is 496 Å². The van der Waals surface area contributed by atoms with Gasteiger partial charge in [0.15, 0.2) is 18.9 Å². The van der Waals surface area contributed by atoms with Crippen molar-refractivity contribution < 1.29 is 89.4 Å². The fourth-order valence-corrected chi connectivity index (χ4v) is 10.5. The molecule has 19 heteroatoms. The molecule has 3 aliphatic heterocycles. The molecule has 482 valence electrons. The van der Waals surface area contributed by atoms with Crippen molar-refractivity contribution in [2.24, 2.45) is 0 Å². The number of aliphatic hydroxyl groups is 11. The minimum absolute atomic E-state index is 0.231. The average Bonchev–Trinajstić information content (AvgIpc) is 3.62. The number of hydrogen-bond acceptors (Lipinski definition) is 18. The SMILES string of the molecule is CCCCCCC/C=C\C/C=C\C/C=C\CCCCCCCCCCCCCCC(=O)NC(COC1OC(CO)C(OC2OC(CO)C(OC3OC(CO)C(O)C(O)C3O)C(O)C2O)C(O)C1O)C(O)/C=C/CC/C=C/CCCCCCC. The summed E-state index contributed by atoms with van der Waals surface area (Å²) in [5.41, 5.74) is 0. The first kappa shape index (κ1) is 74.7. The molecule has 0 aliphatic carbocycles. The Hall–Kier alpha value is -2.51. The van der Waals surface area contributed by atoms with E-state index in [1.54, 1.807) is 6.08 Å². The van der Waals surface area contributed by atoms with Crippen molar-refractivity contribution in [1.29, 1.82) is 0 Å². The molecule has 17 atom stereocenters. The van der Waals surface area contributed by atoms with E-state index >= 15 is 0 Å². The van der Waals surface area contributed by atoms with E-state index in [0.717, 1.165) is 64.2 Å². The molecule has 1 amide bonds. The van der Waals surface area contributed by atoms with Crippen molar-refractivity contribution in [3.05, 3.63) is 60.8 Å². The molecule has 3 heterocycles. The number of hydrogen-bond donors (Lipinski definition) is 12. The van der Waals surface area contributed by atoms with Crippen molar-refractivity contribution in [1.82, 2.24) is 5.32 Å². The van der Waals surface area contributed by atoms with E-state index in [4.69, 9.17) is 28.4 Å². The van der Waals surface area contributed by atoms with Crippen LogP contribution in [0.1, 0.15) is 206 Å². The van der Waals surface area contributed by atoms with Gasteiger partial charge in [0.25, 0.3) is 0 Å². The molecular formula is C64H113NO18. The standard InChI is InChI=1S/C64H113NO18/c1-3-5-7-9-11-13-15-16-17-18-19-20-21-22-23-24-25-26-27-28-29-30-32-34-36-38-40-42-52(70)65-47(48(69)41-39-37-35-33-31-14-12-10-8-6-4-2)46-78-62-58(76)55(73)60(50(44-67)80-62)83-64-59(77)56(74)61(51(45-68)81-64)82-63-57(75)54(72)53(71)49(43-66)79-63/h15-16,18-19,21-22,31,33,39,41,47-51,53-64,66-69,71-77H,3-14,17,20,23-30,32,34-38,40,42-46H2,1-2H3,(H,65,70)/b16-15-,19-18-,22-21-,33-31+,41-39+. The van der Waals surface area contributed by atoms with Crippen LogP contribution >= 0.6 is 0 Å². The Morgan fingerprint density at radius 1 is 0.434 bits per heavy atom. The minimum Gasteiger partial charge on any atom is -0.394 e. The third-order valence-corrected chi connectivity index (χ3v) is 15.8. The fourth-order valence-electron chi connectivity index (χ4n) is 10.5. The summed E-state index contributed by atoms with van der Waals surface area (Å²) in [5, 5.41) is 120. The van der Waals surface area contributed by atoms with Crippen LogP contribution in [0.15, 0.2) is 60.8 Å². The van der Waals surface area contributed by atoms with Crippen molar-refractivity contribution >= 4 is 5.91 Å². The summed E-state index contributed by atoms with van der Waals surface area (Å²) in [5.74, 6) is -0.291. The van der Waals surface area contributed by atoms with E-state index in [0.29, 0.717) is 12.8 Å². The maximum Gasteiger partial charge on any atom is 0.220 e. The summed E-state index contributed by atoms with van der Waals surface area (Å²) in [4.78, 5) is 13.3. The monoisotopic (exact) mass is 1180 g/mol. The second kappa shape index (κ2) is 46.6. The number of allylic oxidation sites excluding steroid dienone is 9. The predicted molar refractivity (Wildman–Crippen MR) is 318 cm³/mol. The van der Waals surface area contributed by atoms with Gasteiger partial charge >= 0.3 is 0 Å². The molecular weight excluding hydrogens is 1070 g/mol. The van der Waals surface area contributed by atoms with Crippen LogP contribution in [0.3, 0.4) is 0 Å². The molecule has 3 aliphatic rings. The van der Waals surface area contributed by atoms with E-state index in [2.05, 4.69) is 67.8 Å². The second-order valence-electron chi connectivity index (χ2n) is 22.9. The largest absolute Gasteiger partial charge is 0.394 e. The lowest BCUT2D eigenvalue weighted by Gasteiger charge is -2.48. The molecule has 12 N–H and O–H groups in total. The summed E-state index contributed by atoms with van der Waals surface area (Å²) in [6, 6.07) is -0.991. The Bertz CT molecular complexity index is 1750. The summed E-state index contributed by atoms with van der Waals surface area (Å²) in [7, 11) is 0. The molecule has 3 rings (SSSR count). The summed E-state index contributed by atoms with van der Waals surface area (Å²) >= 11 is 0. The van der Waals surface area contributed by atoms with Gasteiger partial charge < -0.3 is 89.9 Å². The van der Waals surface area contributed by atoms with Crippen molar-refractivity contribution in [2.75, 3.05) is 26.4 Å². The van der Waals surface area contributed by atoms with E-state index in [-0.39, 0.29) is 18.9 Å². The summed E-state index contributed by atoms with van der Waals surface area (Å²) < 4.78 is 34.2. The minimum atomic E-state index is -1.98. The zero-order chi connectivity index (χ0) is 60.5. The lowest BCUT2D eigenvalue weighted by molar-refractivity contribution is -0.379. The smallest absolute Gasteiger partial charge is 0.220 e. The first-order chi connectivity index (χ1) is 40.3. The van der Waals surface area contributed by atoms with Crippen LogP contribution in [0.25, 0.3) is 0 Å². The Balaban J connectivity index is 1.42. The number of carbonyl (C=O) groups is 1. The Morgan fingerprint density at radius 2 is 0.807 bits per heavy atom. The zero-order valence-corrected chi connectivity index (χ0v) is 50.4. The quantitative estimate of drug-likeness (QED) is 0.0220. The molecule has 0 radical (unpaired) electrons. The van der Waals surface area contributed by atoms with Gasteiger partial charge in [-0.05, 0) is 70.6 Å². The maximum atomic E-state index is 13.3. The van der Waals surface area contributed by atoms with Crippen LogP contribution < -0.4 is 5.32 Å². The highest BCUT2D eigenvalue weighted by molar-refractivity contribution is 5.76. The van der Waals surface area contributed by atoms with E-state index in [1.165, 1.54) is 109 Å². The fraction of sp³-hybridized carbons (Fsp3) is 0.828. The topological polar surface area (TPSA) is 307 Å². The number of unbranched alkanes of at least 4 members (excludes halogenated alkanes) is 23. The Kier molecular flexibility index (Phi) is 42.0. The number of carbonyl (C=O) groups excluding carboxylic acids is 1. The van der Waals surface area contributed by atoms with Gasteiger partial charge in [0.1, 0.15) is 73.2 Å². The number of ether oxygens (including phenoxy) is 6. The zero-order valence-electron chi connectivity index (χ0n) is 50.4. The van der Waals surface area contributed by atoms with Crippen LogP contribution in [0, 0.1) is 0 Å². The first-order valence-electron chi connectivity index (χ1n) is 32.0. The molecule has 3 fully saturated rings. The van der Waals surface area contributed by atoms with Gasteiger partial charge in [-0.2, -0.15) is 0 Å². The third kappa shape index (κ3) is 29.8. The van der Waals surface area contributed by atoms with Gasteiger partial charge in [-0.1, -0.05) is 190 Å². The molecule has 0 saturated carbocycles. The van der Waals surface area contributed by atoms with Gasteiger partial charge in [0, 0.05) is 6.42 Å². The molecule has 19 nitrogen and oxygen atoms in total. The van der Waals surface area contributed by atoms with Crippen molar-refractivity contribution in [3.63, 3.8) is 0 Å². The highest BCUT2D eigenvalue weighted by atomic mass is 16.8. The lowest BCUT2D eigenvalue weighted by Crippen LogP contribution is -2.66. The van der Waals surface area contributed by atoms with Gasteiger partial charge in [-0.25, -0.2) is 0 Å². The van der Waals surface area contributed by atoms with Crippen molar-refractivity contribution in [3.8, 4) is 0 Å². The van der Waals surface area contributed by atoms with Crippen LogP contribution in [0.5, 0.6) is 0 Å². The normalized spacial score (nSPS) is 29.8. The number of aliphatic hydroxyl groups excluding tert-OH is 11. The summed E-state index contributed by atoms with van der Waals surface area (Å²) in [6.07, 6.45) is 27.9. The molecule has 83 heavy (non-hydrogen) atoms. The number of rotatable bonds is 47. The highest BCUT2D eigenvalue weighted by Gasteiger charge is 2.53. The van der Waals surface area contributed by atoms with Crippen LogP contribution in [0.2, 0.25) is 0 Å². The molecule has 0 spiro atoms. The average molecular weight is 1180 g/mol.